The molecule has 0 fully saturated rings. The van der Waals surface area contributed by atoms with Crippen molar-refractivity contribution in [2.45, 2.75) is 20.8 Å². The fourth-order valence-electron chi connectivity index (χ4n) is 3.64. The first-order valence-electron chi connectivity index (χ1n) is 7.23. The highest BCUT2D eigenvalue weighted by molar-refractivity contribution is 6.58. The summed E-state index contributed by atoms with van der Waals surface area (Å²) in [6.07, 6.45) is 4.94. The summed E-state index contributed by atoms with van der Waals surface area (Å²) >= 11 is 0. The normalized spacial score (nSPS) is 19.0. The smallest absolute Gasteiger partial charge is 0.458 e. The molecule has 3 nitrogen and oxygen atoms in total. The van der Waals surface area contributed by atoms with Crippen LogP contribution in [0.3, 0.4) is 0 Å². The standard InChI is InChI=1S/C16H15BF2N2O/c1-10-9-11(2)20-16(10)12(3)13-6-7-14(15-5-4-8-22-15)21(13)17(20,18)19/h4-9H,1-3H3. The summed E-state index contributed by atoms with van der Waals surface area (Å²) in [6.45, 7) is 1.54. The third-order valence-electron chi connectivity index (χ3n) is 4.47. The van der Waals surface area contributed by atoms with Crippen molar-refractivity contribution in [1.29, 1.82) is 0 Å². The number of fused-ring (bicyclic) bond motifs is 2. The highest BCUT2D eigenvalue weighted by Crippen LogP contribution is 2.39. The predicted molar refractivity (Wildman–Crippen MR) is 82.1 cm³/mol. The van der Waals surface area contributed by atoms with Crippen LogP contribution in [0.1, 0.15) is 29.6 Å². The minimum Gasteiger partial charge on any atom is -0.458 e. The van der Waals surface area contributed by atoms with E-state index in [-0.39, 0.29) is 0 Å². The Morgan fingerprint density at radius 2 is 1.95 bits per heavy atom. The van der Waals surface area contributed by atoms with E-state index in [9.17, 15) is 0 Å². The Labute approximate surface area is 126 Å². The van der Waals surface area contributed by atoms with E-state index in [2.05, 4.69) is 0 Å². The van der Waals surface area contributed by atoms with E-state index in [0.29, 0.717) is 28.6 Å². The second-order valence-electron chi connectivity index (χ2n) is 5.85. The average Bonchev–Trinajstić information content (AvgIpc) is 3.13. The molecule has 4 rings (SSSR count). The van der Waals surface area contributed by atoms with Crippen LogP contribution in [0, 0.1) is 13.8 Å². The molecule has 0 atom stereocenters. The zero-order chi connectivity index (χ0) is 15.6. The maximum absolute atomic E-state index is 15.3. The fraction of sp³-hybridized carbons (Fsp3) is 0.188. The lowest BCUT2D eigenvalue weighted by Crippen LogP contribution is -2.51. The van der Waals surface area contributed by atoms with Crippen molar-refractivity contribution in [3.05, 3.63) is 65.0 Å². The molecule has 0 spiro atoms. The van der Waals surface area contributed by atoms with Crippen LogP contribution < -0.4 is 0 Å². The molecule has 0 aliphatic carbocycles. The van der Waals surface area contributed by atoms with Gasteiger partial charge in [0.15, 0.2) is 11.5 Å². The Morgan fingerprint density at radius 3 is 2.64 bits per heavy atom. The second kappa shape index (κ2) is 4.09. The van der Waals surface area contributed by atoms with Gasteiger partial charge in [-0.3, -0.25) is 0 Å². The van der Waals surface area contributed by atoms with Crippen LogP contribution in [-0.2, 0) is 0 Å². The largest absolute Gasteiger partial charge is 0.737 e. The Morgan fingerprint density at radius 1 is 1.18 bits per heavy atom. The molecular weight excluding hydrogens is 285 g/mol. The number of allylic oxidation sites excluding steroid dienone is 3. The van der Waals surface area contributed by atoms with Gasteiger partial charge in [-0.05, 0) is 50.2 Å². The highest BCUT2D eigenvalue weighted by atomic mass is 19.2. The summed E-state index contributed by atoms with van der Waals surface area (Å²) in [7, 11) is 0. The molecule has 0 radical (unpaired) electrons. The molecule has 0 bridgehead atoms. The van der Waals surface area contributed by atoms with Gasteiger partial charge in [0.05, 0.1) is 6.26 Å². The van der Waals surface area contributed by atoms with Gasteiger partial charge < -0.3 is 22.0 Å². The summed E-state index contributed by atoms with van der Waals surface area (Å²) in [6, 6.07) is 5.22. The topological polar surface area (TPSA) is 21.1 Å². The van der Waals surface area contributed by atoms with E-state index >= 15 is 8.63 Å². The molecule has 0 amide bonds. The van der Waals surface area contributed by atoms with Crippen molar-refractivity contribution in [1.82, 2.24) is 4.48 Å². The number of hydrogen-bond donors (Lipinski definition) is 0. The van der Waals surface area contributed by atoms with E-state index in [1.165, 1.54) is 10.7 Å². The van der Waals surface area contributed by atoms with Crippen molar-refractivity contribution < 1.29 is 17.5 Å². The quantitative estimate of drug-likeness (QED) is 0.735. The number of rotatable bonds is 1. The summed E-state index contributed by atoms with van der Waals surface area (Å²) in [5.74, 6) is 0.450. The minimum atomic E-state index is -3.95. The lowest BCUT2D eigenvalue weighted by molar-refractivity contribution is -0.361. The first-order valence-corrected chi connectivity index (χ1v) is 7.23. The summed E-state index contributed by atoms with van der Waals surface area (Å²) in [4.78, 5) is 0. The number of aryl methyl sites for hydroxylation is 2. The molecule has 0 aromatic carbocycles. The van der Waals surface area contributed by atoms with Crippen molar-refractivity contribution in [2.75, 3.05) is 0 Å². The molecule has 6 heteroatoms. The molecule has 22 heavy (non-hydrogen) atoms. The Kier molecular flexibility index (Phi) is 2.48. The third kappa shape index (κ3) is 1.47. The van der Waals surface area contributed by atoms with Crippen LogP contribution in [0.15, 0.2) is 46.7 Å². The molecule has 2 aliphatic rings. The van der Waals surface area contributed by atoms with Crippen molar-refractivity contribution in [3.8, 4) is 0 Å². The summed E-state index contributed by atoms with van der Waals surface area (Å²) in [5.41, 5.74) is 3.88. The van der Waals surface area contributed by atoms with Crippen molar-refractivity contribution in [3.63, 3.8) is 0 Å². The molecule has 4 heterocycles. The molecule has 0 unspecified atom stereocenters. The highest BCUT2D eigenvalue weighted by Gasteiger charge is 2.54. The van der Waals surface area contributed by atoms with Crippen LogP contribution >= 0.6 is 0 Å². The van der Waals surface area contributed by atoms with Crippen LogP contribution in [-0.4, -0.2) is 21.6 Å². The fourth-order valence-corrected chi connectivity index (χ4v) is 3.64. The number of nitrogens with zero attached hydrogens (tertiary/aromatic N) is 2. The number of halogens is 2. The molecule has 2 aromatic heterocycles. The Hall–Kier alpha value is -2.37. The van der Waals surface area contributed by atoms with Crippen molar-refractivity contribution >= 4 is 18.3 Å². The molecular formula is C16H15BF2N2O. The monoisotopic (exact) mass is 300 g/mol. The van der Waals surface area contributed by atoms with Gasteiger partial charge in [-0.25, -0.2) is 0 Å². The molecule has 112 valence electrons. The molecule has 2 aromatic rings. The van der Waals surface area contributed by atoms with E-state index in [4.69, 9.17) is 4.42 Å². The zero-order valence-electron chi connectivity index (χ0n) is 12.6. The Bertz CT molecular complexity index is 886. The maximum atomic E-state index is 15.3. The van der Waals surface area contributed by atoms with Crippen LogP contribution in [0.2, 0.25) is 0 Å². The van der Waals surface area contributed by atoms with Gasteiger partial charge in [-0.15, -0.1) is 0 Å². The number of aromatic nitrogens is 1. The molecule has 0 saturated heterocycles. The Balaban J connectivity index is 2.10. The predicted octanol–water partition coefficient (Wildman–Crippen LogP) is 3.74. The second-order valence-corrected chi connectivity index (χ2v) is 5.85. The minimum absolute atomic E-state index is 0.403. The third-order valence-corrected chi connectivity index (χ3v) is 4.47. The maximum Gasteiger partial charge on any atom is 0.737 e. The average molecular weight is 300 g/mol. The van der Waals surface area contributed by atoms with E-state index in [1.807, 2.05) is 19.9 Å². The molecule has 0 saturated carbocycles. The van der Waals surface area contributed by atoms with Gasteiger partial charge in [-0.1, -0.05) is 0 Å². The molecule has 2 aliphatic heterocycles. The van der Waals surface area contributed by atoms with Crippen LogP contribution in [0.25, 0.3) is 5.57 Å². The first kappa shape index (κ1) is 13.3. The zero-order valence-corrected chi connectivity index (χ0v) is 12.6. The van der Waals surface area contributed by atoms with Gasteiger partial charge in [0.25, 0.3) is 0 Å². The van der Waals surface area contributed by atoms with Gasteiger partial charge in [-0.2, -0.15) is 0 Å². The molecule has 0 N–H and O–H groups in total. The van der Waals surface area contributed by atoms with E-state index in [1.54, 1.807) is 31.2 Å². The SMILES string of the molecule is CC1=C2C=CC(c3ccco3)=[N+]2[B-](F)(F)n2c(C)cc(C)c21. The van der Waals surface area contributed by atoms with Gasteiger partial charge in [0.2, 0.25) is 5.71 Å². The first-order chi connectivity index (χ1) is 10.4. The van der Waals surface area contributed by atoms with Crippen molar-refractivity contribution in [2.24, 2.45) is 0 Å². The summed E-state index contributed by atoms with van der Waals surface area (Å²) in [5, 5.41) is 0. The van der Waals surface area contributed by atoms with E-state index < -0.39 is 6.97 Å². The lowest BCUT2D eigenvalue weighted by Gasteiger charge is -2.32. The number of hydrogen-bond acceptors (Lipinski definition) is 1. The number of furan rings is 1. The van der Waals surface area contributed by atoms with Crippen LogP contribution in [0.5, 0.6) is 0 Å². The van der Waals surface area contributed by atoms with Gasteiger partial charge >= 0.3 is 6.97 Å². The van der Waals surface area contributed by atoms with Gasteiger partial charge in [0, 0.05) is 23.4 Å². The van der Waals surface area contributed by atoms with Crippen LogP contribution in [0.4, 0.5) is 8.63 Å². The van der Waals surface area contributed by atoms with Gasteiger partial charge in [0.1, 0.15) is 0 Å². The summed E-state index contributed by atoms with van der Waals surface area (Å²) < 4.78 is 38.1. The lowest BCUT2D eigenvalue weighted by atomic mass is 9.87. The van der Waals surface area contributed by atoms with E-state index in [0.717, 1.165) is 15.6 Å².